The minimum absolute atomic E-state index is 0.547. The van der Waals surface area contributed by atoms with Gasteiger partial charge in [-0.05, 0) is 18.1 Å². The number of rotatable bonds is 10. The van der Waals surface area contributed by atoms with Crippen LogP contribution in [0.2, 0.25) is 0 Å². The Balaban J connectivity index is 2.01. The van der Waals surface area contributed by atoms with E-state index in [9.17, 15) is 0 Å². The highest BCUT2D eigenvalue weighted by Crippen LogP contribution is 2.16. The molecule has 0 bridgehead atoms. The molecule has 0 saturated carbocycles. The zero-order valence-corrected chi connectivity index (χ0v) is 12.3. The normalized spacial score (nSPS) is 10.5. The summed E-state index contributed by atoms with van der Waals surface area (Å²) >= 11 is 0. The van der Waals surface area contributed by atoms with Crippen molar-refractivity contribution in [2.75, 3.05) is 33.0 Å². The quantitative estimate of drug-likeness (QED) is 0.617. The molecule has 0 amide bonds. The highest BCUT2D eigenvalue weighted by molar-refractivity contribution is 5.42. The van der Waals surface area contributed by atoms with Crippen LogP contribution in [-0.4, -0.2) is 33.0 Å². The summed E-state index contributed by atoms with van der Waals surface area (Å²) in [6, 6.07) is 9.34. The summed E-state index contributed by atoms with van der Waals surface area (Å²) in [6.07, 6.45) is 0.796. The van der Waals surface area contributed by atoms with Gasteiger partial charge >= 0.3 is 0 Å². The number of para-hydroxylation sites is 1. The monoisotopic (exact) mass is 277 g/mol. The molecule has 1 aromatic carbocycles. The van der Waals surface area contributed by atoms with Gasteiger partial charge in [0, 0.05) is 19.6 Å². The van der Waals surface area contributed by atoms with Gasteiger partial charge in [-0.3, -0.25) is 0 Å². The van der Waals surface area contributed by atoms with Crippen LogP contribution in [0.25, 0.3) is 0 Å². The lowest BCUT2D eigenvalue weighted by atomic mass is 10.2. The minimum Gasteiger partial charge on any atom is -0.492 e. The van der Waals surface area contributed by atoms with Gasteiger partial charge in [0.05, 0.1) is 25.4 Å². The molecule has 0 spiro atoms. The topological polar surface area (TPSA) is 51.5 Å². The van der Waals surface area contributed by atoms with E-state index in [1.54, 1.807) is 12.1 Å². The zero-order chi connectivity index (χ0) is 14.6. The van der Waals surface area contributed by atoms with Crippen LogP contribution in [0, 0.1) is 17.2 Å². The van der Waals surface area contributed by atoms with Crippen LogP contribution < -0.4 is 4.74 Å². The van der Waals surface area contributed by atoms with Crippen molar-refractivity contribution in [1.82, 2.24) is 0 Å². The Hall–Kier alpha value is -1.57. The highest BCUT2D eigenvalue weighted by Gasteiger charge is 2.01. The number of nitriles is 1. The molecule has 0 atom stereocenters. The molecule has 4 nitrogen and oxygen atoms in total. The molecule has 0 heterocycles. The lowest BCUT2D eigenvalue weighted by Crippen LogP contribution is -2.10. The third-order valence-electron chi connectivity index (χ3n) is 2.52. The molecule has 4 heteroatoms. The van der Waals surface area contributed by atoms with E-state index in [-0.39, 0.29) is 0 Å². The van der Waals surface area contributed by atoms with Crippen molar-refractivity contribution in [2.24, 2.45) is 5.92 Å². The fourth-order valence-corrected chi connectivity index (χ4v) is 1.57. The van der Waals surface area contributed by atoms with Gasteiger partial charge in [-0.2, -0.15) is 5.26 Å². The van der Waals surface area contributed by atoms with Gasteiger partial charge in [-0.15, -0.1) is 0 Å². The molecular formula is C16H23NO3. The van der Waals surface area contributed by atoms with Crippen LogP contribution in [0.3, 0.4) is 0 Å². The van der Waals surface area contributed by atoms with Crippen molar-refractivity contribution >= 4 is 0 Å². The molecule has 110 valence electrons. The van der Waals surface area contributed by atoms with Crippen LogP contribution >= 0.6 is 0 Å². The predicted octanol–water partition coefficient (Wildman–Crippen LogP) is 3.02. The van der Waals surface area contributed by atoms with Gasteiger partial charge in [-0.25, -0.2) is 0 Å². The molecule has 20 heavy (non-hydrogen) atoms. The third-order valence-corrected chi connectivity index (χ3v) is 2.52. The molecule has 0 aliphatic rings. The lowest BCUT2D eigenvalue weighted by molar-refractivity contribution is 0.0343. The van der Waals surface area contributed by atoms with Crippen LogP contribution in [0.4, 0.5) is 0 Å². The van der Waals surface area contributed by atoms with Crippen molar-refractivity contribution in [1.29, 1.82) is 5.26 Å². The molecule has 0 saturated heterocycles. The summed E-state index contributed by atoms with van der Waals surface area (Å²) in [5, 5.41) is 8.91. The van der Waals surface area contributed by atoms with Crippen LogP contribution in [0.15, 0.2) is 24.3 Å². The van der Waals surface area contributed by atoms with Crippen molar-refractivity contribution in [3.05, 3.63) is 29.8 Å². The zero-order valence-electron chi connectivity index (χ0n) is 12.3. The molecular weight excluding hydrogens is 254 g/mol. The van der Waals surface area contributed by atoms with E-state index in [0.29, 0.717) is 43.7 Å². The van der Waals surface area contributed by atoms with Crippen LogP contribution in [0.5, 0.6) is 5.75 Å². The van der Waals surface area contributed by atoms with Gasteiger partial charge in [0.25, 0.3) is 0 Å². The summed E-state index contributed by atoms with van der Waals surface area (Å²) in [7, 11) is 0. The second kappa shape index (κ2) is 10.2. The first-order valence-corrected chi connectivity index (χ1v) is 7.01. The summed E-state index contributed by atoms with van der Waals surface area (Å²) in [5.74, 6) is 1.19. The van der Waals surface area contributed by atoms with Crippen LogP contribution in [0.1, 0.15) is 25.8 Å². The molecule has 0 unspecified atom stereocenters. The predicted molar refractivity (Wildman–Crippen MR) is 77.7 cm³/mol. The fraction of sp³-hybridized carbons (Fsp3) is 0.562. The summed E-state index contributed by atoms with van der Waals surface area (Å²) in [4.78, 5) is 0. The number of nitrogens with zero attached hydrogens (tertiary/aromatic N) is 1. The van der Waals surface area contributed by atoms with E-state index in [1.807, 2.05) is 12.1 Å². The average molecular weight is 277 g/mol. The highest BCUT2D eigenvalue weighted by atomic mass is 16.5. The summed E-state index contributed by atoms with van der Waals surface area (Å²) < 4.78 is 16.4. The first-order chi connectivity index (χ1) is 9.74. The molecule has 0 aliphatic carbocycles. The van der Waals surface area contributed by atoms with Gasteiger partial charge in [0.15, 0.2) is 0 Å². The molecule has 0 aromatic heterocycles. The minimum atomic E-state index is 0.547. The lowest BCUT2D eigenvalue weighted by Gasteiger charge is -2.09. The largest absolute Gasteiger partial charge is 0.492 e. The summed E-state index contributed by atoms with van der Waals surface area (Å²) in [6.45, 7) is 7.45. The smallest absolute Gasteiger partial charge is 0.137 e. The Morgan fingerprint density at radius 1 is 1.05 bits per heavy atom. The maximum Gasteiger partial charge on any atom is 0.137 e. The Bertz CT molecular complexity index is 412. The van der Waals surface area contributed by atoms with Gasteiger partial charge in [0.2, 0.25) is 0 Å². The van der Waals surface area contributed by atoms with Crippen molar-refractivity contribution in [3.8, 4) is 11.8 Å². The van der Waals surface area contributed by atoms with E-state index in [2.05, 4.69) is 19.9 Å². The Morgan fingerprint density at radius 2 is 1.80 bits per heavy atom. The van der Waals surface area contributed by atoms with E-state index < -0.39 is 0 Å². The maximum absolute atomic E-state index is 8.91. The SMILES string of the molecule is CC(C)COCCOCCCOc1ccccc1C#N. The fourth-order valence-electron chi connectivity index (χ4n) is 1.57. The van der Waals surface area contributed by atoms with E-state index in [0.717, 1.165) is 13.0 Å². The molecule has 0 N–H and O–H groups in total. The van der Waals surface area contributed by atoms with Gasteiger partial charge < -0.3 is 14.2 Å². The first kappa shape index (κ1) is 16.5. The molecule has 0 aliphatic heterocycles. The Morgan fingerprint density at radius 3 is 2.55 bits per heavy atom. The average Bonchev–Trinajstić information content (AvgIpc) is 2.45. The molecule has 0 fully saturated rings. The summed E-state index contributed by atoms with van der Waals surface area (Å²) in [5.41, 5.74) is 0.565. The Labute approximate surface area is 121 Å². The van der Waals surface area contributed by atoms with Crippen molar-refractivity contribution < 1.29 is 14.2 Å². The van der Waals surface area contributed by atoms with E-state index >= 15 is 0 Å². The molecule has 0 radical (unpaired) electrons. The second-order valence-corrected chi connectivity index (χ2v) is 4.89. The second-order valence-electron chi connectivity index (χ2n) is 4.89. The van der Waals surface area contributed by atoms with Crippen molar-refractivity contribution in [3.63, 3.8) is 0 Å². The van der Waals surface area contributed by atoms with Gasteiger partial charge in [0.1, 0.15) is 11.8 Å². The first-order valence-electron chi connectivity index (χ1n) is 7.01. The van der Waals surface area contributed by atoms with Crippen molar-refractivity contribution in [2.45, 2.75) is 20.3 Å². The molecule has 1 aromatic rings. The van der Waals surface area contributed by atoms with E-state index in [1.165, 1.54) is 0 Å². The number of ether oxygens (including phenoxy) is 3. The van der Waals surface area contributed by atoms with E-state index in [4.69, 9.17) is 19.5 Å². The molecule has 1 rings (SSSR count). The van der Waals surface area contributed by atoms with Gasteiger partial charge in [-0.1, -0.05) is 26.0 Å². The number of benzene rings is 1. The third kappa shape index (κ3) is 7.13. The number of hydrogen-bond donors (Lipinski definition) is 0. The number of hydrogen-bond acceptors (Lipinski definition) is 4. The Kier molecular flexibility index (Phi) is 8.44. The standard InChI is InChI=1S/C16H23NO3/c1-14(2)13-19-11-10-18-8-5-9-20-16-7-4-3-6-15(16)12-17/h3-4,6-7,14H,5,8-11,13H2,1-2H3. The maximum atomic E-state index is 8.91. The van der Waals surface area contributed by atoms with Crippen LogP contribution in [-0.2, 0) is 9.47 Å².